The molecule has 1 aromatic rings. The van der Waals surface area contributed by atoms with Gasteiger partial charge < -0.3 is 10.2 Å². The van der Waals surface area contributed by atoms with E-state index in [9.17, 15) is 0 Å². The highest BCUT2D eigenvalue weighted by molar-refractivity contribution is 5.15. The summed E-state index contributed by atoms with van der Waals surface area (Å²) in [6, 6.07) is 11.0. The van der Waals surface area contributed by atoms with Crippen molar-refractivity contribution in [3.05, 3.63) is 35.9 Å². The van der Waals surface area contributed by atoms with E-state index in [-0.39, 0.29) is 0 Å². The van der Waals surface area contributed by atoms with E-state index in [2.05, 4.69) is 40.5 Å². The molecule has 0 bridgehead atoms. The third kappa shape index (κ3) is 4.07. The van der Waals surface area contributed by atoms with Crippen LogP contribution in [0.1, 0.15) is 31.2 Å². The zero-order valence-corrected chi connectivity index (χ0v) is 12.6. The Morgan fingerprint density at radius 2 is 1.80 bits per heavy atom. The summed E-state index contributed by atoms with van der Waals surface area (Å²) < 4.78 is 0. The Morgan fingerprint density at radius 3 is 2.50 bits per heavy atom. The summed E-state index contributed by atoms with van der Waals surface area (Å²) in [5.74, 6) is 1.85. The summed E-state index contributed by atoms with van der Waals surface area (Å²) in [4.78, 5) is 2.69. The summed E-state index contributed by atoms with van der Waals surface area (Å²) in [5.41, 5.74) is 1.52. The summed E-state index contributed by atoms with van der Waals surface area (Å²) in [6.45, 7) is 6.45. The lowest BCUT2D eigenvalue weighted by Gasteiger charge is -2.32. The molecule has 20 heavy (non-hydrogen) atoms. The van der Waals surface area contributed by atoms with Gasteiger partial charge in [0.05, 0.1) is 0 Å². The molecule has 0 aliphatic carbocycles. The lowest BCUT2D eigenvalue weighted by molar-refractivity contribution is 0.175. The number of benzene rings is 1. The molecule has 0 saturated carbocycles. The Bertz CT molecular complexity index is 376. The van der Waals surface area contributed by atoms with Gasteiger partial charge in [-0.3, -0.25) is 0 Å². The van der Waals surface area contributed by atoms with Gasteiger partial charge in [-0.15, -0.1) is 0 Å². The van der Waals surface area contributed by atoms with Crippen LogP contribution in [0.2, 0.25) is 0 Å². The van der Waals surface area contributed by atoms with Crippen LogP contribution in [-0.4, -0.2) is 37.6 Å². The minimum absolute atomic E-state index is 0.904. The van der Waals surface area contributed by atoms with E-state index in [1.54, 1.807) is 0 Å². The van der Waals surface area contributed by atoms with Crippen molar-refractivity contribution >= 4 is 0 Å². The molecule has 3 rings (SSSR count). The van der Waals surface area contributed by atoms with E-state index in [1.165, 1.54) is 70.4 Å². The van der Waals surface area contributed by atoms with Crippen molar-refractivity contribution in [2.75, 3.05) is 32.7 Å². The van der Waals surface area contributed by atoms with Gasteiger partial charge in [-0.1, -0.05) is 30.3 Å². The molecule has 1 unspecified atom stereocenters. The average Bonchev–Trinajstić information content (AvgIpc) is 3.01. The highest BCUT2D eigenvalue weighted by atomic mass is 15.1. The second-order valence-corrected chi connectivity index (χ2v) is 6.62. The molecule has 0 aromatic heterocycles. The number of nitrogens with zero attached hydrogens (tertiary/aromatic N) is 1. The molecule has 110 valence electrons. The number of piperidine rings is 1. The van der Waals surface area contributed by atoms with Gasteiger partial charge in [0.25, 0.3) is 0 Å². The minimum atomic E-state index is 0.904. The molecule has 1 aromatic carbocycles. The van der Waals surface area contributed by atoms with Crippen LogP contribution in [0.4, 0.5) is 0 Å². The third-order valence-corrected chi connectivity index (χ3v) is 5.09. The van der Waals surface area contributed by atoms with Crippen molar-refractivity contribution in [3.8, 4) is 0 Å². The fourth-order valence-electron chi connectivity index (χ4n) is 3.69. The van der Waals surface area contributed by atoms with Crippen LogP contribution in [0.5, 0.6) is 0 Å². The van der Waals surface area contributed by atoms with Crippen molar-refractivity contribution in [3.63, 3.8) is 0 Å². The van der Waals surface area contributed by atoms with E-state index >= 15 is 0 Å². The molecule has 1 atom stereocenters. The summed E-state index contributed by atoms with van der Waals surface area (Å²) in [7, 11) is 0. The van der Waals surface area contributed by atoms with Crippen LogP contribution in [0, 0.1) is 11.8 Å². The van der Waals surface area contributed by atoms with Crippen LogP contribution >= 0.6 is 0 Å². The summed E-state index contributed by atoms with van der Waals surface area (Å²) in [6.07, 6.45) is 6.84. The zero-order chi connectivity index (χ0) is 13.6. The van der Waals surface area contributed by atoms with Gasteiger partial charge in [0.2, 0.25) is 0 Å². The number of hydrogen-bond acceptors (Lipinski definition) is 2. The Morgan fingerprint density at radius 1 is 1.00 bits per heavy atom. The monoisotopic (exact) mass is 272 g/mol. The largest absolute Gasteiger partial charge is 0.316 e. The first-order valence-corrected chi connectivity index (χ1v) is 8.37. The fraction of sp³-hybridized carbons (Fsp3) is 0.667. The molecule has 2 aliphatic heterocycles. The first kappa shape index (κ1) is 14.1. The molecule has 0 spiro atoms. The number of hydrogen-bond donors (Lipinski definition) is 1. The highest BCUT2D eigenvalue weighted by Crippen LogP contribution is 2.22. The minimum Gasteiger partial charge on any atom is -0.316 e. The average molecular weight is 272 g/mol. The smallest absolute Gasteiger partial charge is 0.00156 e. The first-order valence-electron chi connectivity index (χ1n) is 8.37. The van der Waals surface area contributed by atoms with E-state index in [4.69, 9.17) is 0 Å². The van der Waals surface area contributed by atoms with Gasteiger partial charge in [0.1, 0.15) is 0 Å². The van der Waals surface area contributed by atoms with Gasteiger partial charge in [-0.25, -0.2) is 0 Å². The fourth-order valence-corrected chi connectivity index (χ4v) is 3.69. The van der Waals surface area contributed by atoms with Crippen molar-refractivity contribution in [1.29, 1.82) is 0 Å². The van der Waals surface area contributed by atoms with E-state index < -0.39 is 0 Å². The number of likely N-dealkylation sites (tertiary alicyclic amines) is 1. The maximum atomic E-state index is 3.48. The molecule has 0 amide bonds. The first-order chi connectivity index (χ1) is 9.90. The molecule has 1 N–H and O–H groups in total. The van der Waals surface area contributed by atoms with Crippen LogP contribution in [0.15, 0.2) is 30.3 Å². The van der Waals surface area contributed by atoms with Crippen molar-refractivity contribution in [1.82, 2.24) is 10.2 Å². The normalized spacial score (nSPS) is 25.1. The molecule has 2 aliphatic rings. The van der Waals surface area contributed by atoms with Crippen LogP contribution in [-0.2, 0) is 6.42 Å². The SMILES string of the molecule is c1ccc(CC2CCN(CCC3CCNC3)CC2)cc1. The predicted molar refractivity (Wildman–Crippen MR) is 84.9 cm³/mol. The second kappa shape index (κ2) is 7.24. The lowest BCUT2D eigenvalue weighted by atomic mass is 9.90. The quantitative estimate of drug-likeness (QED) is 0.886. The Hall–Kier alpha value is -0.860. The van der Waals surface area contributed by atoms with Crippen LogP contribution in [0.25, 0.3) is 0 Å². The zero-order valence-electron chi connectivity index (χ0n) is 12.6. The highest BCUT2D eigenvalue weighted by Gasteiger charge is 2.21. The molecular weight excluding hydrogens is 244 g/mol. The Kier molecular flexibility index (Phi) is 5.10. The molecule has 2 nitrogen and oxygen atoms in total. The lowest BCUT2D eigenvalue weighted by Crippen LogP contribution is -2.35. The second-order valence-electron chi connectivity index (χ2n) is 6.62. The van der Waals surface area contributed by atoms with Gasteiger partial charge >= 0.3 is 0 Å². The summed E-state index contributed by atoms with van der Waals surface area (Å²) in [5, 5.41) is 3.48. The van der Waals surface area contributed by atoms with Gasteiger partial charge in [-0.2, -0.15) is 0 Å². The topological polar surface area (TPSA) is 15.3 Å². The van der Waals surface area contributed by atoms with Gasteiger partial charge in [-0.05, 0) is 82.2 Å². The maximum Gasteiger partial charge on any atom is -0.00156 e. The number of nitrogens with one attached hydrogen (secondary N) is 1. The number of rotatable bonds is 5. The van der Waals surface area contributed by atoms with Crippen LogP contribution in [0.3, 0.4) is 0 Å². The third-order valence-electron chi connectivity index (χ3n) is 5.09. The molecule has 2 heteroatoms. The summed E-state index contributed by atoms with van der Waals surface area (Å²) >= 11 is 0. The van der Waals surface area contributed by atoms with Crippen molar-refractivity contribution in [2.45, 2.75) is 32.1 Å². The van der Waals surface area contributed by atoms with Crippen molar-refractivity contribution < 1.29 is 0 Å². The molecule has 0 radical (unpaired) electrons. The Balaban J connectivity index is 1.36. The standard InChI is InChI=1S/C18H28N2/c1-2-4-16(5-3-1)14-17-7-11-20(12-8-17)13-9-18-6-10-19-15-18/h1-5,17-19H,6-15H2. The van der Waals surface area contributed by atoms with E-state index in [0.29, 0.717) is 0 Å². The van der Waals surface area contributed by atoms with Crippen molar-refractivity contribution in [2.24, 2.45) is 11.8 Å². The molecule has 2 fully saturated rings. The maximum absolute atomic E-state index is 3.48. The van der Waals surface area contributed by atoms with E-state index in [0.717, 1.165) is 11.8 Å². The van der Waals surface area contributed by atoms with Gasteiger partial charge in [0, 0.05) is 0 Å². The Labute approximate surface area is 123 Å². The van der Waals surface area contributed by atoms with E-state index in [1.807, 2.05) is 0 Å². The molecular formula is C18H28N2. The molecule has 2 heterocycles. The van der Waals surface area contributed by atoms with Gasteiger partial charge in [0.15, 0.2) is 0 Å². The molecule has 2 saturated heterocycles. The predicted octanol–water partition coefficient (Wildman–Crippen LogP) is 2.94. The van der Waals surface area contributed by atoms with Crippen LogP contribution < -0.4 is 5.32 Å².